The zero-order chi connectivity index (χ0) is 14.4. The van der Waals surface area contributed by atoms with Crippen molar-refractivity contribution in [2.45, 2.75) is 25.8 Å². The Hall–Kier alpha value is -0.580. The van der Waals surface area contributed by atoms with Gasteiger partial charge in [-0.2, -0.15) is 0 Å². The molecule has 1 aliphatic rings. The van der Waals surface area contributed by atoms with E-state index in [9.17, 15) is 0 Å². The summed E-state index contributed by atoms with van der Waals surface area (Å²) in [4.78, 5) is 2.43. The molecule has 112 valence electrons. The van der Waals surface area contributed by atoms with Gasteiger partial charge < -0.3 is 15.0 Å². The van der Waals surface area contributed by atoms with Gasteiger partial charge in [0.15, 0.2) is 0 Å². The molecule has 0 spiro atoms. The third-order valence-electron chi connectivity index (χ3n) is 4.11. The van der Waals surface area contributed by atoms with Crippen molar-refractivity contribution in [3.05, 3.63) is 28.2 Å². The first-order chi connectivity index (χ1) is 9.69. The van der Waals surface area contributed by atoms with E-state index in [1.165, 1.54) is 37.9 Å². The first-order valence-electron chi connectivity index (χ1n) is 7.40. The number of halogens is 1. The summed E-state index contributed by atoms with van der Waals surface area (Å²) in [5.41, 5.74) is 1.29. The summed E-state index contributed by atoms with van der Waals surface area (Å²) in [5.74, 6) is 1.79. The summed E-state index contributed by atoms with van der Waals surface area (Å²) in [6.45, 7) is 4.55. The van der Waals surface area contributed by atoms with Crippen molar-refractivity contribution >= 4 is 15.9 Å². The molecule has 0 radical (unpaired) electrons. The quantitative estimate of drug-likeness (QED) is 0.804. The van der Waals surface area contributed by atoms with Gasteiger partial charge in [-0.25, -0.2) is 0 Å². The van der Waals surface area contributed by atoms with Gasteiger partial charge in [0, 0.05) is 6.54 Å². The Balaban J connectivity index is 1.67. The lowest BCUT2D eigenvalue weighted by Gasteiger charge is -2.28. The van der Waals surface area contributed by atoms with E-state index in [-0.39, 0.29) is 0 Å². The number of hydrogen-bond acceptors (Lipinski definition) is 3. The van der Waals surface area contributed by atoms with Crippen molar-refractivity contribution in [1.29, 1.82) is 0 Å². The van der Waals surface area contributed by atoms with E-state index in [1.54, 1.807) is 7.11 Å². The molecule has 0 atom stereocenters. The first-order valence-corrected chi connectivity index (χ1v) is 8.20. The minimum Gasteiger partial charge on any atom is -0.496 e. The molecule has 0 aliphatic carbocycles. The zero-order valence-electron chi connectivity index (χ0n) is 12.5. The fraction of sp³-hybridized carbons (Fsp3) is 0.625. The fourth-order valence-corrected chi connectivity index (χ4v) is 3.30. The summed E-state index contributed by atoms with van der Waals surface area (Å²) < 4.78 is 6.27. The molecule has 0 aromatic heterocycles. The molecule has 0 saturated carbocycles. The number of benzene rings is 1. The van der Waals surface area contributed by atoms with E-state index in [4.69, 9.17) is 4.74 Å². The standard InChI is InChI=1S/C16H25BrN2O/c1-19-9-6-13(7-10-19)5-8-18-12-14-3-4-16(20-2)15(17)11-14/h3-4,11,13,18H,5-10,12H2,1-2H3. The van der Waals surface area contributed by atoms with Gasteiger partial charge in [-0.1, -0.05) is 6.07 Å². The minimum atomic E-state index is 0.889. The maximum absolute atomic E-state index is 5.24. The van der Waals surface area contributed by atoms with Gasteiger partial charge in [0.05, 0.1) is 11.6 Å². The second-order valence-electron chi connectivity index (χ2n) is 5.68. The van der Waals surface area contributed by atoms with Crippen LogP contribution in [0.15, 0.2) is 22.7 Å². The summed E-state index contributed by atoms with van der Waals surface area (Å²) in [5, 5.41) is 3.55. The predicted octanol–water partition coefficient (Wildman–Crippen LogP) is 3.28. The molecule has 1 heterocycles. The fourth-order valence-electron chi connectivity index (χ4n) is 2.71. The Morgan fingerprint density at radius 2 is 2.10 bits per heavy atom. The SMILES string of the molecule is COc1ccc(CNCCC2CCN(C)CC2)cc1Br. The van der Waals surface area contributed by atoms with Gasteiger partial charge in [0.25, 0.3) is 0 Å². The summed E-state index contributed by atoms with van der Waals surface area (Å²) in [7, 11) is 3.91. The van der Waals surface area contributed by atoms with E-state index in [0.29, 0.717) is 0 Å². The smallest absolute Gasteiger partial charge is 0.133 e. The largest absolute Gasteiger partial charge is 0.496 e. The van der Waals surface area contributed by atoms with E-state index in [0.717, 1.165) is 29.2 Å². The summed E-state index contributed by atoms with van der Waals surface area (Å²) in [6.07, 6.45) is 4.00. The maximum Gasteiger partial charge on any atom is 0.133 e. The molecular weight excluding hydrogens is 316 g/mol. The number of hydrogen-bond donors (Lipinski definition) is 1. The molecule has 1 aromatic rings. The van der Waals surface area contributed by atoms with E-state index in [1.807, 2.05) is 6.07 Å². The van der Waals surface area contributed by atoms with Crippen LogP contribution in [0.5, 0.6) is 5.75 Å². The second kappa shape index (κ2) is 8.01. The van der Waals surface area contributed by atoms with Crippen LogP contribution in [0.4, 0.5) is 0 Å². The molecule has 3 nitrogen and oxygen atoms in total. The number of methoxy groups -OCH3 is 1. The van der Waals surface area contributed by atoms with Crippen LogP contribution in [0.1, 0.15) is 24.8 Å². The first kappa shape index (κ1) is 15.8. The third kappa shape index (κ3) is 4.76. The minimum absolute atomic E-state index is 0.889. The van der Waals surface area contributed by atoms with Crippen molar-refractivity contribution in [2.24, 2.45) is 5.92 Å². The molecule has 0 bridgehead atoms. The molecule has 20 heavy (non-hydrogen) atoms. The van der Waals surface area contributed by atoms with Crippen LogP contribution in [-0.4, -0.2) is 38.7 Å². The van der Waals surface area contributed by atoms with Crippen molar-refractivity contribution in [2.75, 3.05) is 33.8 Å². The summed E-state index contributed by atoms with van der Waals surface area (Å²) >= 11 is 3.53. The lowest BCUT2D eigenvalue weighted by atomic mass is 9.94. The molecular formula is C16H25BrN2O. The number of ether oxygens (including phenoxy) is 1. The van der Waals surface area contributed by atoms with Crippen molar-refractivity contribution in [1.82, 2.24) is 10.2 Å². The molecule has 1 aromatic carbocycles. The Labute approximate surface area is 130 Å². The van der Waals surface area contributed by atoms with E-state index >= 15 is 0 Å². The molecule has 2 rings (SSSR count). The average molecular weight is 341 g/mol. The Morgan fingerprint density at radius 3 is 2.75 bits per heavy atom. The number of piperidine rings is 1. The maximum atomic E-state index is 5.24. The predicted molar refractivity (Wildman–Crippen MR) is 87.2 cm³/mol. The van der Waals surface area contributed by atoms with Crippen LogP contribution in [0.25, 0.3) is 0 Å². The highest BCUT2D eigenvalue weighted by Crippen LogP contribution is 2.25. The molecule has 4 heteroatoms. The lowest BCUT2D eigenvalue weighted by Crippen LogP contribution is -2.31. The highest BCUT2D eigenvalue weighted by atomic mass is 79.9. The van der Waals surface area contributed by atoms with Crippen LogP contribution in [0.3, 0.4) is 0 Å². The Bertz CT molecular complexity index is 417. The topological polar surface area (TPSA) is 24.5 Å². The van der Waals surface area contributed by atoms with Gasteiger partial charge >= 0.3 is 0 Å². The Kier molecular flexibility index (Phi) is 6.33. The van der Waals surface area contributed by atoms with Crippen LogP contribution in [0.2, 0.25) is 0 Å². The van der Waals surface area contributed by atoms with Gasteiger partial charge in [-0.05, 0) is 85.5 Å². The zero-order valence-corrected chi connectivity index (χ0v) is 14.1. The van der Waals surface area contributed by atoms with E-state index < -0.39 is 0 Å². The van der Waals surface area contributed by atoms with Gasteiger partial charge in [-0.3, -0.25) is 0 Å². The monoisotopic (exact) mass is 340 g/mol. The number of nitrogens with zero attached hydrogens (tertiary/aromatic N) is 1. The normalized spacial score (nSPS) is 17.4. The lowest BCUT2D eigenvalue weighted by molar-refractivity contribution is 0.211. The van der Waals surface area contributed by atoms with Crippen molar-refractivity contribution < 1.29 is 4.74 Å². The second-order valence-corrected chi connectivity index (χ2v) is 6.54. The van der Waals surface area contributed by atoms with Crippen LogP contribution in [-0.2, 0) is 6.54 Å². The highest BCUT2D eigenvalue weighted by Gasteiger charge is 2.15. The van der Waals surface area contributed by atoms with Crippen LogP contribution >= 0.6 is 15.9 Å². The van der Waals surface area contributed by atoms with Crippen molar-refractivity contribution in [3.8, 4) is 5.75 Å². The third-order valence-corrected chi connectivity index (χ3v) is 4.73. The highest BCUT2D eigenvalue weighted by molar-refractivity contribution is 9.10. The van der Waals surface area contributed by atoms with Crippen LogP contribution < -0.4 is 10.1 Å². The van der Waals surface area contributed by atoms with Gasteiger partial charge in [-0.15, -0.1) is 0 Å². The average Bonchev–Trinajstić information content (AvgIpc) is 2.46. The van der Waals surface area contributed by atoms with Gasteiger partial charge in [0.2, 0.25) is 0 Å². The van der Waals surface area contributed by atoms with E-state index in [2.05, 4.69) is 45.3 Å². The number of likely N-dealkylation sites (tertiary alicyclic amines) is 1. The molecule has 1 fully saturated rings. The van der Waals surface area contributed by atoms with Gasteiger partial charge in [0.1, 0.15) is 5.75 Å². The molecule has 0 unspecified atom stereocenters. The molecule has 1 saturated heterocycles. The van der Waals surface area contributed by atoms with Crippen LogP contribution in [0, 0.1) is 5.92 Å². The molecule has 0 amide bonds. The summed E-state index contributed by atoms with van der Waals surface area (Å²) in [6, 6.07) is 6.26. The Morgan fingerprint density at radius 1 is 1.35 bits per heavy atom. The number of nitrogens with one attached hydrogen (secondary N) is 1. The molecule has 1 aliphatic heterocycles. The molecule has 1 N–H and O–H groups in total. The van der Waals surface area contributed by atoms with Crippen molar-refractivity contribution in [3.63, 3.8) is 0 Å². The number of rotatable bonds is 6.